The summed E-state index contributed by atoms with van der Waals surface area (Å²) in [6.07, 6.45) is 1.25. The monoisotopic (exact) mass is 467 g/mol. The topological polar surface area (TPSA) is 82.1 Å². The molecule has 7 heteroatoms. The summed E-state index contributed by atoms with van der Waals surface area (Å²) in [5, 5.41) is 0. The summed E-state index contributed by atoms with van der Waals surface area (Å²) in [4.78, 5) is 39.9. The number of hydrogen-bond acceptors (Lipinski definition) is 6. The van der Waals surface area contributed by atoms with Crippen molar-refractivity contribution in [3.8, 4) is 11.8 Å². The van der Waals surface area contributed by atoms with Gasteiger partial charge in [-0.05, 0) is 74.8 Å². The van der Waals surface area contributed by atoms with Crippen molar-refractivity contribution in [2.45, 2.75) is 53.4 Å². The van der Waals surface area contributed by atoms with Gasteiger partial charge in [0.05, 0.1) is 12.7 Å². The van der Waals surface area contributed by atoms with Crippen LogP contribution in [0.4, 0.5) is 4.79 Å². The second kappa shape index (κ2) is 10.9. The molecule has 0 saturated carbocycles. The quantitative estimate of drug-likeness (QED) is 0.477. The molecule has 1 heterocycles. The molecule has 1 saturated heterocycles. The lowest BCUT2D eigenvalue weighted by Crippen LogP contribution is -2.46. The Kier molecular flexibility index (Phi) is 8.16. The van der Waals surface area contributed by atoms with Crippen LogP contribution in [-0.4, -0.2) is 56.2 Å². The number of Topliss-reactive ketones (excluding diaryl/α,β-unsaturated/α-hetero) is 1. The van der Waals surface area contributed by atoms with Crippen LogP contribution in [0.5, 0.6) is 0 Å². The molecule has 182 valence electrons. The van der Waals surface area contributed by atoms with Gasteiger partial charge in [0.25, 0.3) is 0 Å². The van der Waals surface area contributed by atoms with Crippen LogP contribution in [0.25, 0.3) is 5.57 Å². The zero-order valence-electron chi connectivity index (χ0n) is 20.7. The highest BCUT2D eigenvalue weighted by molar-refractivity contribution is 6.23. The number of aryl methyl sites for hydroxylation is 2. The van der Waals surface area contributed by atoms with Gasteiger partial charge >= 0.3 is 6.16 Å². The van der Waals surface area contributed by atoms with E-state index in [1.807, 2.05) is 32.9 Å². The molecule has 0 aromatic heterocycles. The molecule has 7 nitrogen and oxygen atoms in total. The van der Waals surface area contributed by atoms with E-state index in [4.69, 9.17) is 14.2 Å². The minimum absolute atomic E-state index is 0.0392. The van der Waals surface area contributed by atoms with Gasteiger partial charge in [-0.15, -0.1) is 5.92 Å². The second-order valence-corrected chi connectivity index (χ2v) is 9.01. The Morgan fingerprint density at radius 2 is 1.76 bits per heavy atom. The van der Waals surface area contributed by atoms with Gasteiger partial charge in [0, 0.05) is 38.1 Å². The Morgan fingerprint density at radius 1 is 1.12 bits per heavy atom. The van der Waals surface area contributed by atoms with E-state index >= 15 is 0 Å². The number of ether oxygens (including phenoxy) is 3. The van der Waals surface area contributed by atoms with Gasteiger partial charge in [-0.25, -0.2) is 4.79 Å². The summed E-state index contributed by atoms with van der Waals surface area (Å²) in [5.74, 6) is 6.21. The third-order valence-corrected chi connectivity index (χ3v) is 6.66. The van der Waals surface area contributed by atoms with Gasteiger partial charge in [-0.2, -0.15) is 0 Å². The van der Waals surface area contributed by atoms with E-state index in [0.29, 0.717) is 56.7 Å². The van der Waals surface area contributed by atoms with Gasteiger partial charge in [-0.1, -0.05) is 5.92 Å². The van der Waals surface area contributed by atoms with Gasteiger partial charge in [0.15, 0.2) is 5.78 Å². The highest BCUT2D eigenvalue weighted by Gasteiger charge is 2.44. The number of carbonyl (C=O) groups excluding carboxylic acids is 3. The summed E-state index contributed by atoms with van der Waals surface area (Å²) >= 11 is 0. The largest absolute Gasteiger partial charge is 0.513 e. The lowest BCUT2D eigenvalue weighted by atomic mass is 9.66. The number of carbonyl (C=O) groups is 3. The zero-order valence-corrected chi connectivity index (χ0v) is 20.7. The van der Waals surface area contributed by atoms with Crippen molar-refractivity contribution >= 4 is 23.4 Å². The number of likely N-dealkylation sites (tertiary alicyclic amines) is 1. The SMILES string of the molecule is CC#Cc1cc(C)c(C2=C(OC(=O)OC)CC3(CCN(C(=O)COCC)CC3)CC2=O)c(C)c1. The van der Waals surface area contributed by atoms with E-state index in [9.17, 15) is 14.4 Å². The molecule has 3 rings (SSSR count). The number of ketones is 1. The number of rotatable bonds is 5. The molecular weight excluding hydrogens is 434 g/mol. The molecule has 1 spiro atoms. The average Bonchev–Trinajstić information content (AvgIpc) is 2.79. The molecule has 1 aliphatic carbocycles. The molecule has 1 amide bonds. The summed E-state index contributed by atoms with van der Waals surface area (Å²) in [7, 11) is 1.25. The van der Waals surface area contributed by atoms with Crippen LogP contribution < -0.4 is 0 Å². The Bertz CT molecular complexity index is 1040. The first-order chi connectivity index (χ1) is 16.2. The molecule has 0 atom stereocenters. The van der Waals surface area contributed by atoms with Gasteiger partial charge in [0.2, 0.25) is 5.91 Å². The summed E-state index contributed by atoms with van der Waals surface area (Å²) in [6, 6.07) is 3.89. The predicted octanol–water partition coefficient (Wildman–Crippen LogP) is 4.18. The van der Waals surface area contributed by atoms with Crippen molar-refractivity contribution in [3.63, 3.8) is 0 Å². The number of benzene rings is 1. The minimum Gasteiger partial charge on any atom is -0.437 e. The van der Waals surface area contributed by atoms with Crippen LogP contribution in [0.15, 0.2) is 17.9 Å². The standard InChI is InChI=1S/C27H33NO6/c1-6-8-20-13-18(3)24(19(4)14-20)25-21(29)15-27(16-22(25)34-26(31)32-5)9-11-28(12-10-27)23(30)17-33-7-2/h13-14H,7,9-12,15-17H2,1-5H3. The van der Waals surface area contributed by atoms with Crippen LogP contribution in [0, 0.1) is 31.1 Å². The highest BCUT2D eigenvalue weighted by atomic mass is 16.7. The van der Waals surface area contributed by atoms with Crippen molar-refractivity contribution < 1.29 is 28.6 Å². The number of nitrogens with zero attached hydrogens (tertiary/aromatic N) is 1. The number of amides is 1. The third kappa shape index (κ3) is 5.51. The van der Waals surface area contributed by atoms with Crippen LogP contribution >= 0.6 is 0 Å². The van der Waals surface area contributed by atoms with Crippen molar-refractivity contribution in [3.05, 3.63) is 40.1 Å². The van der Waals surface area contributed by atoms with Crippen molar-refractivity contribution in [1.29, 1.82) is 0 Å². The maximum atomic E-state index is 13.6. The number of hydrogen-bond donors (Lipinski definition) is 0. The smallest absolute Gasteiger partial charge is 0.437 e. The molecule has 1 aliphatic heterocycles. The normalized spacial score (nSPS) is 17.3. The van der Waals surface area contributed by atoms with Crippen LogP contribution in [0.2, 0.25) is 0 Å². The average molecular weight is 468 g/mol. The number of piperidine rings is 1. The lowest BCUT2D eigenvalue weighted by molar-refractivity contribution is -0.138. The first kappa shape index (κ1) is 25.5. The maximum Gasteiger partial charge on any atom is 0.513 e. The maximum absolute atomic E-state index is 13.6. The van der Waals surface area contributed by atoms with E-state index in [1.54, 1.807) is 11.8 Å². The number of methoxy groups -OCH3 is 1. The molecule has 0 N–H and O–H groups in total. The molecule has 0 radical (unpaired) electrons. The molecule has 0 unspecified atom stereocenters. The summed E-state index contributed by atoms with van der Waals surface area (Å²) in [6.45, 7) is 9.16. The van der Waals surface area contributed by atoms with Crippen molar-refractivity contribution in [2.75, 3.05) is 33.4 Å². The van der Waals surface area contributed by atoms with E-state index in [1.165, 1.54) is 7.11 Å². The molecule has 1 aromatic rings. The molecule has 1 aromatic carbocycles. The van der Waals surface area contributed by atoms with Crippen molar-refractivity contribution in [1.82, 2.24) is 4.90 Å². The van der Waals surface area contributed by atoms with Crippen LogP contribution in [0.1, 0.15) is 61.8 Å². The first-order valence-corrected chi connectivity index (χ1v) is 11.7. The lowest BCUT2D eigenvalue weighted by Gasteiger charge is -2.44. The fourth-order valence-electron chi connectivity index (χ4n) is 5.02. The van der Waals surface area contributed by atoms with Gasteiger partial charge in [0.1, 0.15) is 12.4 Å². The fraction of sp³-hybridized carbons (Fsp3) is 0.519. The molecule has 2 aliphatic rings. The van der Waals surface area contributed by atoms with Gasteiger partial charge in [-0.3, -0.25) is 9.59 Å². The molecule has 34 heavy (non-hydrogen) atoms. The Hall–Kier alpha value is -3.11. The molecule has 1 fully saturated rings. The van der Waals surface area contributed by atoms with E-state index in [2.05, 4.69) is 11.8 Å². The van der Waals surface area contributed by atoms with E-state index in [-0.39, 0.29) is 23.7 Å². The Labute approximate surface area is 201 Å². The Morgan fingerprint density at radius 3 is 2.32 bits per heavy atom. The minimum atomic E-state index is -0.842. The van der Waals surface area contributed by atoms with E-state index in [0.717, 1.165) is 22.3 Å². The van der Waals surface area contributed by atoms with E-state index < -0.39 is 6.16 Å². The summed E-state index contributed by atoms with van der Waals surface area (Å²) in [5.41, 5.74) is 3.54. The zero-order chi connectivity index (χ0) is 24.9. The Balaban J connectivity index is 1.95. The fourth-order valence-corrected chi connectivity index (χ4v) is 5.02. The number of allylic oxidation sites excluding steroid dienone is 2. The van der Waals surface area contributed by atoms with Crippen molar-refractivity contribution in [2.24, 2.45) is 5.41 Å². The predicted molar refractivity (Wildman–Crippen MR) is 128 cm³/mol. The first-order valence-electron chi connectivity index (χ1n) is 11.7. The molecular formula is C27H33NO6. The highest BCUT2D eigenvalue weighted by Crippen LogP contribution is 2.48. The summed E-state index contributed by atoms with van der Waals surface area (Å²) < 4.78 is 15.6. The van der Waals surface area contributed by atoms with Crippen LogP contribution in [-0.2, 0) is 23.8 Å². The molecule has 0 bridgehead atoms. The third-order valence-electron chi connectivity index (χ3n) is 6.66. The van der Waals surface area contributed by atoms with Gasteiger partial charge < -0.3 is 19.1 Å². The van der Waals surface area contributed by atoms with Crippen LogP contribution in [0.3, 0.4) is 0 Å². The second-order valence-electron chi connectivity index (χ2n) is 9.01.